The highest BCUT2D eigenvalue weighted by atomic mass is 32.2. The number of nitrogens with zero attached hydrogens (tertiary/aromatic N) is 2. The van der Waals surface area contributed by atoms with Crippen LogP contribution in [-0.2, 0) is 46.1 Å². The Kier molecular flexibility index (Phi) is 14.6. The Morgan fingerprint density at radius 1 is 0.789 bits per heavy atom. The summed E-state index contributed by atoms with van der Waals surface area (Å²) in [6.07, 6.45) is 0.925. The zero-order chi connectivity index (χ0) is 40.2. The van der Waals surface area contributed by atoms with Crippen LogP contribution in [0.5, 0.6) is 5.75 Å². The standard InChI is InChI=1S/C43H47N3O9S2/c1-30-11-14-37(15-12-30)57(49,50)55-26-24-53-22-20-51-19-21-52-23-25-54-36-9-6-8-33(27-36)28-40(47)44-43-45-41(32(3)56-43)35-13-16-39-34(29-35)17-18-46(39)42(48)38-10-5-4-7-31(38)2/h4-16,27,29H,17-26,28H2,1-3H3,(H,44,45,47). The van der Waals surface area contributed by atoms with Crippen LogP contribution in [0.15, 0.2) is 95.9 Å². The first kappa shape index (κ1) is 41.7. The molecule has 14 heteroatoms. The summed E-state index contributed by atoms with van der Waals surface area (Å²) in [7, 11) is -3.81. The Balaban J connectivity index is 0.856. The van der Waals surface area contributed by atoms with Gasteiger partial charge in [-0.15, -0.1) is 11.3 Å². The molecule has 0 fully saturated rings. The maximum atomic E-state index is 13.3. The predicted octanol–water partition coefficient (Wildman–Crippen LogP) is 6.95. The minimum absolute atomic E-state index is 0.0102. The number of hydrogen-bond acceptors (Lipinski definition) is 11. The number of hydrogen-bond donors (Lipinski definition) is 1. The SMILES string of the molecule is Cc1ccc(S(=O)(=O)OCCOCCOCCOCCOc2cccc(CC(=O)Nc3nc(-c4ccc5c(c4)CCN5C(=O)c4ccccc4C)c(C)s3)c2)cc1. The molecule has 0 bridgehead atoms. The highest BCUT2D eigenvalue weighted by Gasteiger charge is 2.27. The van der Waals surface area contributed by atoms with Crippen LogP contribution in [-0.4, -0.2) is 84.6 Å². The summed E-state index contributed by atoms with van der Waals surface area (Å²) < 4.78 is 51.7. The maximum Gasteiger partial charge on any atom is 0.297 e. The lowest BCUT2D eigenvalue weighted by Crippen LogP contribution is -2.29. The van der Waals surface area contributed by atoms with Crippen molar-refractivity contribution in [2.75, 3.05) is 69.6 Å². The third kappa shape index (κ3) is 11.6. The van der Waals surface area contributed by atoms with E-state index < -0.39 is 10.1 Å². The zero-order valence-electron chi connectivity index (χ0n) is 32.3. The molecule has 0 radical (unpaired) electrons. The van der Waals surface area contributed by atoms with Crippen LogP contribution < -0.4 is 15.0 Å². The zero-order valence-corrected chi connectivity index (χ0v) is 34.0. The third-order valence-electron chi connectivity index (χ3n) is 9.19. The van der Waals surface area contributed by atoms with E-state index in [4.69, 9.17) is 28.1 Å². The van der Waals surface area contributed by atoms with Crippen molar-refractivity contribution in [1.82, 2.24) is 4.98 Å². The van der Waals surface area contributed by atoms with Crippen molar-refractivity contribution < 1.29 is 41.1 Å². The smallest absolute Gasteiger partial charge is 0.297 e. The van der Waals surface area contributed by atoms with Crippen molar-refractivity contribution in [2.24, 2.45) is 0 Å². The van der Waals surface area contributed by atoms with E-state index in [0.717, 1.165) is 50.5 Å². The Hall–Kier alpha value is -4.96. The molecule has 57 heavy (non-hydrogen) atoms. The molecule has 2 heterocycles. The molecule has 0 spiro atoms. The summed E-state index contributed by atoms with van der Waals surface area (Å²) in [5.41, 5.74) is 7.23. The molecule has 1 N–H and O–H groups in total. The molecule has 300 valence electrons. The van der Waals surface area contributed by atoms with Crippen LogP contribution in [0.3, 0.4) is 0 Å². The Bertz CT molecular complexity index is 2260. The second-order valence-corrected chi connectivity index (χ2v) is 16.3. The van der Waals surface area contributed by atoms with Crippen molar-refractivity contribution in [2.45, 2.75) is 38.5 Å². The van der Waals surface area contributed by atoms with E-state index in [9.17, 15) is 18.0 Å². The van der Waals surface area contributed by atoms with Gasteiger partial charge in [0.05, 0.1) is 63.3 Å². The first-order chi connectivity index (χ1) is 27.6. The van der Waals surface area contributed by atoms with E-state index in [1.807, 2.05) is 86.3 Å². The van der Waals surface area contributed by atoms with Crippen molar-refractivity contribution in [3.05, 3.63) is 124 Å². The molecule has 0 unspecified atom stereocenters. The summed E-state index contributed by atoms with van der Waals surface area (Å²) in [4.78, 5) is 34.1. The van der Waals surface area contributed by atoms with Gasteiger partial charge in [0.25, 0.3) is 16.0 Å². The van der Waals surface area contributed by atoms with E-state index >= 15 is 0 Å². The maximum absolute atomic E-state index is 13.3. The highest BCUT2D eigenvalue weighted by molar-refractivity contribution is 7.86. The van der Waals surface area contributed by atoms with Gasteiger partial charge in [0.2, 0.25) is 5.91 Å². The normalized spacial score (nSPS) is 12.4. The molecule has 12 nitrogen and oxygen atoms in total. The lowest BCUT2D eigenvalue weighted by molar-refractivity contribution is -0.115. The first-order valence-corrected chi connectivity index (χ1v) is 21.0. The van der Waals surface area contributed by atoms with Crippen LogP contribution in [0.1, 0.15) is 37.5 Å². The molecule has 2 amide bonds. The summed E-state index contributed by atoms with van der Waals surface area (Å²) in [6, 6.07) is 27.6. The average Bonchev–Trinajstić information content (AvgIpc) is 3.79. The van der Waals surface area contributed by atoms with Gasteiger partial charge in [-0.1, -0.05) is 54.1 Å². The van der Waals surface area contributed by atoms with E-state index in [2.05, 4.69) is 11.4 Å². The number of anilines is 2. The van der Waals surface area contributed by atoms with Crippen molar-refractivity contribution in [3.8, 4) is 17.0 Å². The molecule has 0 saturated carbocycles. The summed E-state index contributed by atoms with van der Waals surface area (Å²) in [5, 5.41) is 3.48. The van der Waals surface area contributed by atoms with Crippen molar-refractivity contribution >= 4 is 44.1 Å². The number of aryl methyl sites for hydroxylation is 3. The molecule has 5 aromatic rings. The number of amides is 2. The van der Waals surface area contributed by atoms with Gasteiger partial charge < -0.3 is 29.2 Å². The Morgan fingerprint density at radius 3 is 2.23 bits per heavy atom. The topological polar surface area (TPSA) is 143 Å². The molecule has 0 aliphatic carbocycles. The van der Waals surface area contributed by atoms with E-state index in [1.165, 1.54) is 23.5 Å². The van der Waals surface area contributed by atoms with Crippen LogP contribution >= 0.6 is 11.3 Å². The lowest BCUT2D eigenvalue weighted by atomic mass is 10.0. The summed E-state index contributed by atoms with van der Waals surface area (Å²) in [6.45, 7) is 8.56. The van der Waals surface area contributed by atoms with Gasteiger partial charge >= 0.3 is 0 Å². The summed E-state index contributed by atoms with van der Waals surface area (Å²) >= 11 is 1.43. The molecule has 4 aromatic carbocycles. The van der Waals surface area contributed by atoms with Gasteiger partial charge in [0.1, 0.15) is 12.4 Å². The Labute approximate surface area is 337 Å². The largest absolute Gasteiger partial charge is 0.491 e. The highest BCUT2D eigenvalue weighted by Crippen LogP contribution is 2.36. The minimum atomic E-state index is -3.81. The molecular formula is C43H47N3O9S2. The third-order valence-corrected chi connectivity index (χ3v) is 11.4. The lowest BCUT2D eigenvalue weighted by Gasteiger charge is -2.18. The predicted molar refractivity (Wildman–Crippen MR) is 220 cm³/mol. The fourth-order valence-electron chi connectivity index (χ4n) is 6.27. The number of fused-ring (bicyclic) bond motifs is 1. The van der Waals surface area contributed by atoms with Gasteiger partial charge in [0.15, 0.2) is 5.13 Å². The van der Waals surface area contributed by atoms with E-state index in [-0.39, 0.29) is 36.3 Å². The summed E-state index contributed by atoms with van der Waals surface area (Å²) in [5.74, 6) is 0.465. The van der Waals surface area contributed by atoms with Crippen LogP contribution in [0.2, 0.25) is 0 Å². The van der Waals surface area contributed by atoms with Crippen molar-refractivity contribution in [3.63, 3.8) is 0 Å². The van der Waals surface area contributed by atoms with Gasteiger partial charge in [-0.2, -0.15) is 8.42 Å². The number of rotatable bonds is 20. The van der Waals surface area contributed by atoms with Gasteiger partial charge in [-0.05, 0) is 86.3 Å². The number of thiazole rings is 1. The van der Waals surface area contributed by atoms with Gasteiger partial charge in [-0.3, -0.25) is 13.8 Å². The van der Waals surface area contributed by atoms with Crippen molar-refractivity contribution in [1.29, 1.82) is 0 Å². The molecule has 1 aromatic heterocycles. The second kappa shape index (κ2) is 19.9. The fraction of sp³-hybridized carbons (Fsp3) is 0.326. The second-order valence-electron chi connectivity index (χ2n) is 13.4. The van der Waals surface area contributed by atoms with Crippen LogP contribution in [0, 0.1) is 20.8 Å². The molecule has 6 rings (SSSR count). The molecular weight excluding hydrogens is 767 g/mol. The van der Waals surface area contributed by atoms with Gasteiger partial charge in [0, 0.05) is 28.2 Å². The molecule has 0 atom stereocenters. The number of carbonyl (C=O) groups excluding carboxylic acids is 2. The quantitative estimate of drug-likeness (QED) is 0.0648. The van der Waals surface area contributed by atoms with Gasteiger partial charge in [-0.25, -0.2) is 4.98 Å². The first-order valence-electron chi connectivity index (χ1n) is 18.8. The molecule has 0 saturated heterocycles. The number of benzene rings is 4. The number of carbonyl (C=O) groups is 2. The number of aromatic nitrogens is 1. The Morgan fingerprint density at radius 2 is 1.49 bits per heavy atom. The van der Waals surface area contributed by atoms with E-state index in [1.54, 1.807) is 12.1 Å². The fourth-order valence-corrected chi connectivity index (χ4v) is 8.01. The van der Waals surface area contributed by atoms with Crippen LogP contribution in [0.4, 0.5) is 10.8 Å². The average molecular weight is 814 g/mol. The molecule has 1 aliphatic rings. The number of ether oxygens (including phenoxy) is 4. The number of nitrogens with one attached hydrogen (secondary N) is 1. The molecule has 1 aliphatic heterocycles. The van der Waals surface area contributed by atoms with Crippen LogP contribution in [0.25, 0.3) is 11.3 Å². The van der Waals surface area contributed by atoms with E-state index in [0.29, 0.717) is 62.6 Å². The monoisotopic (exact) mass is 813 g/mol. The minimum Gasteiger partial charge on any atom is -0.491 e.